The standard InChI is InChI=1S/C27H23F3O4/c1-3-5-18-6-8-19(9-7-18)20-10-12-21(13-11-20)25(31)33-23-16-14-22(15-17-23)26(32)34-24(4-2)27(28,29)30/h3,6-17,24H,1,4-5H2,2H3. The molecule has 0 amide bonds. The first-order valence-corrected chi connectivity index (χ1v) is 10.6. The molecule has 0 N–H and O–H groups in total. The fourth-order valence-electron chi connectivity index (χ4n) is 3.20. The number of halogens is 3. The maximum absolute atomic E-state index is 12.8. The van der Waals surface area contributed by atoms with Gasteiger partial charge < -0.3 is 9.47 Å². The van der Waals surface area contributed by atoms with E-state index in [1.54, 1.807) is 12.1 Å². The quantitative estimate of drug-likeness (QED) is 0.207. The van der Waals surface area contributed by atoms with E-state index in [0.29, 0.717) is 5.56 Å². The predicted octanol–water partition coefficient (Wildman–Crippen LogP) is 6.80. The molecule has 0 spiro atoms. The first-order chi connectivity index (χ1) is 16.2. The van der Waals surface area contributed by atoms with Gasteiger partial charge in [-0.25, -0.2) is 9.59 Å². The second-order valence-electron chi connectivity index (χ2n) is 7.52. The van der Waals surface area contributed by atoms with E-state index in [1.807, 2.05) is 42.5 Å². The fraction of sp³-hybridized carbons (Fsp3) is 0.185. The van der Waals surface area contributed by atoms with E-state index in [1.165, 1.54) is 31.2 Å². The van der Waals surface area contributed by atoms with Crippen molar-refractivity contribution < 1.29 is 32.2 Å². The van der Waals surface area contributed by atoms with Gasteiger partial charge in [0, 0.05) is 0 Å². The van der Waals surface area contributed by atoms with Gasteiger partial charge in [0.2, 0.25) is 0 Å². The molecule has 0 aliphatic heterocycles. The number of hydrogen-bond acceptors (Lipinski definition) is 4. The van der Waals surface area contributed by atoms with Crippen molar-refractivity contribution in [3.63, 3.8) is 0 Å². The van der Waals surface area contributed by atoms with Crippen LogP contribution in [-0.2, 0) is 11.2 Å². The van der Waals surface area contributed by atoms with Gasteiger partial charge in [-0.15, -0.1) is 6.58 Å². The molecule has 0 saturated heterocycles. The zero-order valence-electron chi connectivity index (χ0n) is 18.5. The number of benzene rings is 3. The van der Waals surface area contributed by atoms with Crippen molar-refractivity contribution in [3.8, 4) is 16.9 Å². The molecule has 1 unspecified atom stereocenters. The molecule has 0 aliphatic carbocycles. The second kappa shape index (κ2) is 10.8. The van der Waals surface area contributed by atoms with Crippen molar-refractivity contribution in [2.75, 3.05) is 0 Å². The van der Waals surface area contributed by atoms with Crippen LogP contribution in [0.4, 0.5) is 13.2 Å². The van der Waals surface area contributed by atoms with Crippen molar-refractivity contribution in [1.82, 2.24) is 0 Å². The molecule has 176 valence electrons. The summed E-state index contributed by atoms with van der Waals surface area (Å²) >= 11 is 0. The van der Waals surface area contributed by atoms with Crippen LogP contribution < -0.4 is 4.74 Å². The molecular formula is C27H23F3O4. The van der Waals surface area contributed by atoms with Crippen LogP contribution in [0.15, 0.2) is 85.5 Å². The molecule has 0 heterocycles. The van der Waals surface area contributed by atoms with Gasteiger partial charge in [0.1, 0.15) is 5.75 Å². The SMILES string of the molecule is C=CCc1ccc(-c2ccc(C(=O)Oc3ccc(C(=O)OC(CC)C(F)(F)F)cc3)cc2)cc1. The van der Waals surface area contributed by atoms with Gasteiger partial charge in [0.05, 0.1) is 11.1 Å². The molecule has 0 bridgehead atoms. The van der Waals surface area contributed by atoms with E-state index in [0.717, 1.165) is 23.1 Å². The Morgan fingerprint density at radius 3 is 1.85 bits per heavy atom. The van der Waals surface area contributed by atoms with Crippen LogP contribution in [0.5, 0.6) is 5.75 Å². The fourth-order valence-corrected chi connectivity index (χ4v) is 3.20. The van der Waals surface area contributed by atoms with E-state index in [-0.39, 0.29) is 17.7 Å². The summed E-state index contributed by atoms with van der Waals surface area (Å²) in [6.45, 7) is 5.00. The van der Waals surface area contributed by atoms with E-state index < -0.39 is 24.2 Å². The zero-order valence-corrected chi connectivity index (χ0v) is 18.5. The molecule has 0 saturated carbocycles. The Labute approximate surface area is 195 Å². The molecule has 3 rings (SSSR count). The van der Waals surface area contributed by atoms with Gasteiger partial charge in [-0.05, 0) is 65.9 Å². The highest BCUT2D eigenvalue weighted by atomic mass is 19.4. The largest absolute Gasteiger partial charge is 0.449 e. The number of esters is 2. The molecule has 1 atom stereocenters. The minimum atomic E-state index is -4.63. The lowest BCUT2D eigenvalue weighted by Crippen LogP contribution is -2.33. The van der Waals surface area contributed by atoms with E-state index in [4.69, 9.17) is 4.74 Å². The zero-order chi connectivity index (χ0) is 24.7. The molecule has 7 heteroatoms. The van der Waals surface area contributed by atoms with Gasteiger partial charge in [-0.2, -0.15) is 13.2 Å². The molecule has 0 radical (unpaired) electrons. The average Bonchev–Trinajstić information content (AvgIpc) is 2.83. The van der Waals surface area contributed by atoms with Gasteiger partial charge >= 0.3 is 18.1 Å². The van der Waals surface area contributed by atoms with Crippen LogP contribution in [0.3, 0.4) is 0 Å². The van der Waals surface area contributed by atoms with Crippen LogP contribution in [0.2, 0.25) is 0 Å². The minimum Gasteiger partial charge on any atom is -0.449 e. The van der Waals surface area contributed by atoms with Gasteiger partial charge in [-0.3, -0.25) is 0 Å². The number of carbonyl (C=O) groups is 2. The Balaban J connectivity index is 1.62. The maximum atomic E-state index is 12.8. The lowest BCUT2D eigenvalue weighted by molar-refractivity contribution is -0.204. The summed E-state index contributed by atoms with van der Waals surface area (Å²) in [6.07, 6.45) is -4.57. The van der Waals surface area contributed by atoms with Gasteiger partial charge in [-0.1, -0.05) is 49.4 Å². The molecule has 4 nitrogen and oxygen atoms in total. The van der Waals surface area contributed by atoms with E-state index >= 15 is 0 Å². The molecule has 34 heavy (non-hydrogen) atoms. The van der Waals surface area contributed by atoms with Gasteiger partial charge in [0.15, 0.2) is 6.10 Å². The van der Waals surface area contributed by atoms with Crippen LogP contribution in [-0.4, -0.2) is 24.2 Å². The lowest BCUT2D eigenvalue weighted by atomic mass is 10.0. The van der Waals surface area contributed by atoms with E-state index in [9.17, 15) is 22.8 Å². The lowest BCUT2D eigenvalue weighted by Gasteiger charge is -2.19. The van der Waals surface area contributed by atoms with Crippen molar-refractivity contribution in [2.45, 2.75) is 32.0 Å². The summed E-state index contributed by atoms with van der Waals surface area (Å²) in [5.74, 6) is -1.56. The molecule has 3 aromatic carbocycles. The third-order valence-electron chi connectivity index (χ3n) is 5.07. The van der Waals surface area contributed by atoms with Crippen LogP contribution >= 0.6 is 0 Å². The topological polar surface area (TPSA) is 52.6 Å². The Morgan fingerprint density at radius 2 is 1.35 bits per heavy atom. The van der Waals surface area contributed by atoms with Crippen molar-refractivity contribution in [1.29, 1.82) is 0 Å². The summed E-state index contributed by atoms with van der Waals surface area (Å²) in [4.78, 5) is 24.4. The number of hydrogen-bond donors (Lipinski definition) is 0. The third kappa shape index (κ3) is 6.34. The van der Waals surface area contributed by atoms with Crippen LogP contribution in [0, 0.1) is 0 Å². The highest BCUT2D eigenvalue weighted by Gasteiger charge is 2.41. The third-order valence-corrected chi connectivity index (χ3v) is 5.07. The van der Waals surface area contributed by atoms with Crippen molar-refractivity contribution in [3.05, 3.63) is 102 Å². The summed E-state index contributed by atoms with van der Waals surface area (Å²) in [5.41, 5.74) is 3.35. The monoisotopic (exact) mass is 468 g/mol. The Hall–Kier alpha value is -3.87. The summed E-state index contributed by atoms with van der Waals surface area (Å²) in [5, 5.41) is 0. The maximum Gasteiger partial charge on any atom is 0.425 e. The smallest absolute Gasteiger partial charge is 0.425 e. The summed E-state index contributed by atoms with van der Waals surface area (Å²) in [7, 11) is 0. The van der Waals surface area contributed by atoms with E-state index in [2.05, 4.69) is 11.3 Å². The Bertz CT molecular complexity index is 1130. The number of allylic oxidation sites excluding steroid dienone is 1. The molecule has 3 aromatic rings. The molecule has 0 aliphatic rings. The Morgan fingerprint density at radius 1 is 0.853 bits per heavy atom. The molecule has 0 aromatic heterocycles. The normalized spacial score (nSPS) is 12.0. The highest BCUT2D eigenvalue weighted by molar-refractivity contribution is 5.92. The number of rotatable bonds is 8. The first kappa shape index (κ1) is 24.8. The number of ether oxygens (including phenoxy) is 2. The van der Waals surface area contributed by atoms with Crippen LogP contribution in [0.1, 0.15) is 39.6 Å². The van der Waals surface area contributed by atoms with Crippen LogP contribution in [0.25, 0.3) is 11.1 Å². The van der Waals surface area contributed by atoms with Crippen molar-refractivity contribution >= 4 is 11.9 Å². The highest BCUT2D eigenvalue weighted by Crippen LogP contribution is 2.26. The number of carbonyl (C=O) groups excluding carboxylic acids is 2. The Kier molecular flexibility index (Phi) is 7.89. The van der Waals surface area contributed by atoms with Crippen molar-refractivity contribution in [2.24, 2.45) is 0 Å². The molecular weight excluding hydrogens is 445 g/mol. The minimum absolute atomic E-state index is 0.0778. The molecule has 0 fully saturated rings. The summed E-state index contributed by atoms with van der Waals surface area (Å²) < 4.78 is 48.2. The predicted molar refractivity (Wildman–Crippen MR) is 123 cm³/mol. The first-order valence-electron chi connectivity index (χ1n) is 10.6. The summed E-state index contributed by atoms with van der Waals surface area (Å²) in [6, 6.07) is 20.1. The second-order valence-corrected chi connectivity index (χ2v) is 7.52. The van der Waals surface area contributed by atoms with Gasteiger partial charge in [0.25, 0.3) is 0 Å². The average molecular weight is 468 g/mol. The number of alkyl halides is 3.